The summed E-state index contributed by atoms with van der Waals surface area (Å²) in [6.07, 6.45) is -0.243. The predicted octanol–water partition coefficient (Wildman–Crippen LogP) is 1.84. The molecule has 1 rings (SSSR count). The highest BCUT2D eigenvalue weighted by Gasteiger charge is 2.12. The van der Waals surface area contributed by atoms with Crippen molar-refractivity contribution in [2.45, 2.75) is 13.0 Å². The molecule has 0 aliphatic heterocycles. The Morgan fingerprint density at radius 1 is 1.43 bits per heavy atom. The van der Waals surface area contributed by atoms with Crippen molar-refractivity contribution in [3.8, 4) is 0 Å². The van der Waals surface area contributed by atoms with Gasteiger partial charge in [-0.2, -0.15) is 0 Å². The van der Waals surface area contributed by atoms with Gasteiger partial charge in [0.2, 0.25) is 0 Å². The molecule has 0 radical (unpaired) electrons. The zero-order chi connectivity index (χ0) is 10.7. The molecule has 0 amide bonds. The number of nitrogens with zero attached hydrogens (tertiary/aromatic N) is 1. The molecule has 0 aromatic heterocycles. The number of hydrogen-bond acceptors (Lipinski definition) is 3. The Hall–Kier alpha value is -1.13. The predicted molar refractivity (Wildman–Crippen MR) is 54.4 cm³/mol. The number of benzene rings is 1. The van der Waals surface area contributed by atoms with Crippen molar-refractivity contribution in [2.24, 2.45) is 5.90 Å². The van der Waals surface area contributed by atoms with Crippen molar-refractivity contribution in [3.05, 3.63) is 29.6 Å². The molecule has 3 nitrogen and oxygen atoms in total. The van der Waals surface area contributed by atoms with Crippen LogP contribution < -0.4 is 10.8 Å². The first-order chi connectivity index (χ1) is 6.56. The van der Waals surface area contributed by atoms with Gasteiger partial charge in [-0.05, 0) is 19.1 Å². The minimum Gasteiger partial charge on any atom is -0.377 e. The zero-order valence-electron chi connectivity index (χ0n) is 8.62. The SMILES string of the molecule is CC(ON)c1ccc(F)cc1N(C)C. The maximum absolute atomic E-state index is 13.0. The van der Waals surface area contributed by atoms with Crippen molar-refractivity contribution in [3.63, 3.8) is 0 Å². The van der Waals surface area contributed by atoms with Crippen LogP contribution in [0.1, 0.15) is 18.6 Å². The molecule has 1 atom stereocenters. The lowest BCUT2D eigenvalue weighted by molar-refractivity contribution is 0.0667. The van der Waals surface area contributed by atoms with Crippen molar-refractivity contribution >= 4 is 5.69 Å². The highest BCUT2D eigenvalue weighted by atomic mass is 19.1. The molecule has 2 N–H and O–H groups in total. The van der Waals surface area contributed by atoms with E-state index in [1.165, 1.54) is 12.1 Å². The fourth-order valence-electron chi connectivity index (χ4n) is 1.32. The number of halogens is 1. The van der Waals surface area contributed by atoms with E-state index < -0.39 is 0 Å². The summed E-state index contributed by atoms with van der Waals surface area (Å²) < 4.78 is 13.0. The molecule has 1 aromatic carbocycles. The number of nitrogens with two attached hydrogens (primary N) is 1. The lowest BCUT2D eigenvalue weighted by Crippen LogP contribution is -2.15. The maximum atomic E-state index is 13.0. The summed E-state index contributed by atoms with van der Waals surface area (Å²) in [7, 11) is 3.70. The molecule has 0 heterocycles. The summed E-state index contributed by atoms with van der Waals surface area (Å²) in [6, 6.07) is 4.55. The molecule has 0 spiro atoms. The first kappa shape index (κ1) is 10.9. The van der Waals surface area contributed by atoms with Gasteiger partial charge in [0, 0.05) is 25.3 Å². The normalized spacial score (nSPS) is 12.6. The van der Waals surface area contributed by atoms with Crippen LogP contribution in [0.15, 0.2) is 18.2 Å². The van der Waals surface area contributed by atoms with Crippen LogP contribution in [-0.4, -0.2) is 14.1 Å². The first-order valence-electron chi connectivity index (χ1n) is 4.38. The van der Waals surface area contributed by atoms with Crippen LogP contribution in [0.3, 0.4) is 0 Å². The highest BCUT2D eigenvalue weighted by molar-refractivity contribution is 5.53. The second-order valence-corrected chi connectivity index (χ2v) is 3.38. The Morgan fingerprint density at radius 3 is 2.57 bits per heavy atom. The standard InChI is InChI=1S/C10H15FN2O/c1-7(14-12)9-5-4-8(11)6-10(9)13(2)3/h4-7H,12H2,1-3H3. The van der Waals surface area contributed by atoms with Gasteiger partial charge in [0.05, 0.1) is 0 Å². The maximum Gasteiger partial charge on any atom is 0.125 e. The largest absolute Gasteiger partial charge is 0.377 e. The van der Waals surface area contributed by atoms with E-state index in [9.17, 15) is 4.39 Å². The highest BCUT2D eigenvalue weighted by Crippen LogP contribution is 2.27. The van der Waals surface area contributed by atoms with E-state index in [0.717, 1.165) is 11.3 Å². The summed E-state index contributed by atoms with van der Waals surface area (Å²) >= 11 is 0. The third kappa shape index (κ3) is 2.21. The summed E-state index contributed by atoms with van der Waals surface area (Å²) in [5, 5.41) is 0. The average molecular weight is 198 g/mol. The Balaban J connectivity index is 3.14. The number of rotatable bonds is 3. The molecule has 1 unspecified atom stereocenters. The Labute approximate surface area is 83.2 Å². The number of anilines is 1. The van der Waals surface area contributed by atoms with E-state index in [1.807, 2.05) is 25.9 Å². The monoisotopic (exact) mass is 198 g/mol. The van der Waals surface area contributed by atoms with Gasteiger partial charge >= 0.3 is 0 Å². The topological polar surface area (TPSA) is 38.5 Å². The van der Waals surface area contributed by atoms with Crippen LogP contribution in [-0.2, 0) is 4.84 Å². The van der Waals surface area contributed by atoms with E-state index >= 15 is 0 Å². The van der Waals surface area contributed by atoms with Crippen LogP contribution in [0, 0.1) is 5.82 Å². The zero-order valence-corrected chi connectivity index (χ0v) is 8.62. The molecule has 1 aromatic rings. The van der Waals surface area contributed by atoms with Gasteiger partial charge in [0.25, 0.3) is 0 Å². The van der Waals surface area contributed by atoms with E-state index in [4.69, 9.17) is 10.7 Å². The quantitative estimate of drug-likeness (QED) is 0.753. The van der Waals surface area contributed by atoms with Crippen molar-refractivity contribution < 1.29 is 9.23 Å². The third-order valence-corrected chi connectivity index (χ3v) is 2.12. The summed E-state index contributed by atoms with van der Waals surface area (Å²) in [6.45, 7) is 1.82. The van der Waals surface area contributed by atoms with Gasteiger partial charge in [-0.25, -0.2) is 10.3 Å². The summed E-state index contributed by atoms with van der Waals surface area (Å²) in [4.78, 5) is 6.55. The molecule has 4 heteroatoms. The minimum absolute atomic E-state index is 0.243. The van der Waals surface area contributed by atoms with Crippen molar-refractivity contribution in [1.29, 1.82) is 0 Å². The van der Waals surface area contributed by atoms with Crippen molar-refractivity contribution in [1.82, 2.24) is 0 Å². The molecule has 0 fully saturated rings. The van der Waals surface area contributed by atoms with Gasteiger partial charge in [-0.3, -0.25) is 4.84 Å². The average Bonchev–Trinajstić information content (AvgIpc) is 2.16. The van der Waals surface area contributed by atoms with E-state index in [0.29, 0.717) is 0 Å². The van der Waals surface area contributed by atoms with E-state index in [2.05, 4.69) is 0 Å². The fraction of sp³-hybridized carbons (Fsp3) is 0.400. The molecule has 0 aliphatic carbocycles. The Morgan fingerprint density at radius 2 is 2.07 bits per heavy atom. The van der Waals surface area contributed by atoms with Crippen molar-refractivity contribution in [2.75, 3.05) is 19.0 Å². The van der Waals surface area contributed by atoms with Crippen LogP contribution in [0.4, 0.5) is 10.1 Å². The lowest BCUT2D eigenvalue weighted by atomic mass is 10.1. The first-order valence-corrected chi connectivity index (χ1v) is 4.38. The Kier molecular flexibility index (Phi) is 3.43. The second-order valence-electron chi connectivity index (χ2n) is 3.38. The fourth-order valence-corrected chi connectivity index (χ4v) is 1.32. The van der Waals surface area contributed by atoms with E-state index in [-0.39, 0.29) is 11.9 Å². The molecular formula is C10H15FN2O. The molecule has 0 saturated carbocycles. The third-order valence-electron chi connectivity index (χ3n) is 2.12. The summed E-state index contributed by atoms with van der Waals surface area (Å²) in [5.74, 6) is 4.84. The minimum atomic E-state index is -0.262. The van der Waals surface area contributed by atoms with Gasteiger partial charge in [0.15, 0.2) is 0 Å². The smallest absolute Gasteiger partial charge is 0.125 e. The van der Waals surface area contributed by atoms with Crippen LogP contribution >= 0.6 is 0 Å². The number of hydrogen-bond donors (Lipinski definition) is 1. The Bertz CT molecular complexity index is 315. The molecule has 14 heavy (non-hydrogen) atoms. The molecule has 0 aliphatic rings. The molecule has 0 saturated heterocycles. The van der Waals surface area contributed by atoms with E-state index in [1.54, 1.807) is 6.07 Å². The van der Waals surface area contributed by atoms with Gasteiger partial charge < -0.3 is 4.90 Å². The summed E-state index contributed by atoms with van der Waals surface area (Å²) in [5.41, 5.74) is 1.65. The van der Waals surface area contributed by atoms with Gasteiger partial charge in [-0.15, -0.1) is 0 Å². The van der Waals surface area contributed by atoms with Gasteiger partial charge in [-0.1, -0.05) is 6.07 Å². The van der Waals surface area contributed by atoms with Crippen LogP contribution in [0.2, 0.25) is 0 Å². The van der Waals surface area contributed by atoms with Crippen LogP contribution in [0.25, 0.3) is 0 Å². The molecule has 0 bridgehead atoms. The van der Waals surface area contributed by atoms with Crippen LogP contribution in [0.5, 0.6) is 0 Å². The molecule has 78 valence electrons. The van der Waals surface area contributed by atoms with Gasteiger partial charge in [0.1, 0.15) is 11.9 Å². The molecular weight excluding hydrogens is 183 g/mol. The second kappa shape index (κ2) is 4.39. The lowest BCUT2D eigenvalue weighted by Gasteiger charge is -2.20.